The summed E-state index contributed by atoms with van der Waals surface area (Å²) in [5, 5.41) is 2.90. The minimum absolute atomic E-state index is 0.0186. The molecule has 2 aliphatic rings. The van der Waals surface area contributed by atoms with E-state index < -0.39 is 5.54 Å². The van der Waals surface area contributed by atoms with Gasteiger partial charge in [0.1, 0.15) is 5.82 Å². The van der Waals surface area contributed by atoms with E-state index >= 15 is 0 Å². The Balaban J connectivity index is 1.46. The van der Waals surface area contributed by atoms with E-state index in [1.54, 1.807) is 17.0 Å². The number of likely N-dealkylation sites (tertiary alicyclic amines) is 1. The summed E-state index contributed by atoms with van der Waals surface area (Å²) < 4.78 is 18.2. The van der Waals surface area contributed by atoms with Gasteiger partial charge in [-0.2, -0.15) is 0 Å². The van der Waals surface area contributed by atoms with Crippen LogP contribution >= 0.6 is 0 Å². The van der Waals surface area contributed by atoms with Gasteiger partial charge in [-0.05, 0) is 43.4 Å². The van der Waals surface area contributed by atoms with Crippen molar-refractivity contribution in [1.29, 1.82) is 0 Å². The summed E-state index contributed by atoms with van der Waals surface area (Å²) in [6, 6.07) is 6.08. The van der Waals surface area contributed by atoms with Crippen LogP contribution in [0.2, 0.25) is 0 Å². The molecule has 0 saturated carbocycles. The molecular formula is C19H26FN3O3. The minimum atomic E-state index is -0.823. The largest absolute Gasteiger partial charge is 0.381 e. The van der Waals surface area contributed by atoms with E-state index in [1.165, 1.54) is 12.1 Å². The lowest BCUT2D eigenvalue weighted by molar-refractivity contribution is -0.143. The van der Waals surface area contributed by atoms with Gasteiger partial charge in [0.15, 0.2) is 0 Å². The highest BCUT2D eigenvalue weighted by molar-refractivity contribution is 5.86. The fraction of sp³-hybridized carbons (Fsp3) is 0.579. The lowest BCUT2D eigenvalue weighted by Gasteiger charge is -2.39. The SMILES string of the molecule is NC1(C(=O)N2CCC(C(=O)NCc3ccc(F)cc3)CC2)CCOCC1. The van der Waals surface area contributed by atoms with Crippen molar-refractivity contribution in [2.24, 2.45) is 11.7 Å². The van der Waals surface area contributed by atoms with Crippen molar-refractivity contribution >= 4 is 11.8 Å². The second-order valence-electron chi connectivity index (χ2n) is 7.18. The van der Waals surface area contributed by atoms with Crippen LogP contribution in [0.3, 0.4) is 0 Å². The molecule has 0 unspecified atom stereocenters. The first-order valence-corrected chi connectivity index (χ1v) is 9.16. The number of carbonyl (C=O) groups excluding carboxylic acids is 2. The molecule has 2 saturated heterocycles. The van der Waals surface area contributed by atoms with Crippen LogP contribution in [-0.2, 0) is 20.9 Å². The number of nitrogens with two attached hydrogens (primary N) is 1. The molecule has 1 aromatic carbocycles. The highest BCUT2D eigenvalue weighted by Gasteiger charge is 2.40. The van der Waals surface area contributed by atoms with Gasteiger partial charge in [-0.15, -0.1) is 0 Å². The third-order valence-corrected chi connectivity index (χ3v) is 5.34. The maximum atomic E-state index is 12.9. The third-order valence-electron chi connectivity index (χ3n) is 5.34. The Morgan fingerprint density at radius 1 is 1.19 bits per heavy atom. The number of piperidine rings is 1. The zero-order chi connectivity index (χ0) is 18.6. The highest BCUT2D eigenvalue weighted by atomic mass is 19.1. The molecule has 142 valence electrons. The van der Waals surface area contributed by atoms with Gasteiger partial charge in [-0.3, -0.25) is 9.59 Å². The number of ether oxygens (including phenoxy) is 1. The Hall–Kier alpha value is -1.99. The Morgan fingerprint density at radius 2 is 1.81 bits per heavy atom. The summed E-state index contributed by atoms with van der Waals surface area (Å²) in [6.45, 7) is 2.51. The topological polar surface area (TPSA) is 84.7 Å². The monoisotopic (exact) mass is 363 g/mol. The summed E-state index contributed by atoms with van der Waals surface area (Å²) in [4.78, 5) is 26.8. The van der Waals surface area contributed by atoms with E-state index in [0.29, 0.717) is 58.5 Å². The molecule has 26 heavy (non-hydrogen) atoms. The average Bonchev–Trinajstić information content (AvgIpc) is 2.67. The van der Waals surface area contributed by atoms with E-state index in [4.69, 9.17) is 10.5 Å². The van der Waals surface area contributed by atoms with Crippen molar-refractivity contribution in [2.45, 2.75) is 37.8 Å². The Labute approximate surface area is 152 Å². The summed E-state index contributed by atoms with van der Waals surface area (Å²) in [5.41, 5.74) is 6.31. The van der Waals surface area contributed by atoms with Crippen LogP contribution in [-0.4, -0.2) is 48.6 Å². The van der Waals surface area contributed by atoms with Crippen molar-refractivity contribution in [3.63, 3.8) is 0 Å². The number of nitrogens with one attached hydrogen (secondary N) is 1. The van der Waals surface area contributed by atoms with E-state index in [0.717, 1.165) is 5.56 Å². The van der Waals surface area contributed by atoms with E-state index in [2.05, 4.69) is 5.32 Å². The number of rotatable bonds is 4. The molecule has 3 N–H and O–H groups in total. The van der Waals surface area contributed by atoms with Crippen LogP contribution < -0.4 is 11.1 Å². The summed E-state index contributed by atoms with van der Waals surface area (Å²) in [5.74, 6) is -0.442. The van der Waals surface area contributed by atoms with E-state index in [9.17, 15) is 14.0 Å². The minimum Gasteiger partial charge on any atom is -0.381 e. The van der Waals surface area contributed by atoms with Crippen LogP contribution in [0.5, 0.6) is 0 Å². The summed E-state index contributed by atoms with van der Waals surface area (Å²) >= 11 is 0. The molecule has 2 aliphatic heterocycles. The number of carbonyl (C=O) groups is 2. The number of nitrogens with zero attached hydrogens (tertiary/aromatic N) is 1. The van der Waals surface area contributed by atoms with Crippen LogP contribution in [0.15, 0.2) is 24.3 Å². The van der Waals surface area contributed by atoms with Crippen molar-refractivity contribution in [2.75, 3.05) is 26.3 Å². The lowest BCUT2D eigenvalue weighted by atomic mass is 9.87. The van der Waals surface area contributed by atoms with Gasteiger partial charge in [-0.25, -0.2) is 4.39 Å². The number of benzene rings is 1. The zero-order valence-corrected chi connectivity index (χ0v) is 14.9. The van der Waals surface area contributed by atoms with Crippen molar-refractivity contribution < 1.29 is 18.7 Å². The quantitative estimate of drug-likeness (QED) is 0.842. The first-order chi connectivity index (χ1) is 12.5. The zero-order valence-electron chi connectivity index (χ0n) is 14.9. The van der Waals surface area contributed by atoms with Crippen LogP contribution in [0, 0.1) is 11.7 Å². The highest BCUT2D eigenvalue weighted by Crippen LogP contribution is 2.24. The summed E-state index contributed by atoms with van der Waals surface area (Å²) in [7, 11) is 0. The van der Waals surface area contributed by atoms with Gasteiger partial charge in [0.05, 0.1) is 5.54 Å². The van der Waals surface area contributed by atoms with Gasteiger partial charge in [0, 0.05) is 38.8 Å². The molecule has 7 heteroatoms. The average molecular weight is 363 g/mol. The molecule has 1 aromatic rings. The first kappa shape index (κ1) is 18.8. The maximum absolute atomic E-state index is 12.9. The van der Waals surface area contributed by atoms with Gasteiger partial charge < -0.3 is 20.7 Å². The Bertz CT molecular complexity index is 636. The molecule has 2 heterocycles. The summed E-state index contributed by atoms with van der Waals surface area (Å²) in [6.07, 6.45) is 2.36. The van der Waals surface area contributed by atoms with Crippen LogP contribution in [0.25, 0.3) is 0 Å². The van der Waals surface area contributed by atoms with Gasteiger partial charge in [0.2, 0.25) is 11.8 Å². The first-order valence-electron chi connectivity index (χ1n) is 9.16. The smallest absolute Gasteiger partial charge is 0.242 e. The Kier molecular flexibility index (Phi) is 5.88. The Morgan fingerprint density at radius 3 is 2.42 bits per heavy atom. The number of hydrogen-bond acceptors (Lipinski definition) is 4. The third kappa shape index (κ3) is 4.40. The van der Waals surface area contributed by atoms with Crippen LogP contribution in [0.4, 0.5) is 4.39 Å². The standard InChI is InChI=1S/C19H26FN3O3/c20-16-3-1-14(2-4-16)13-22-17(24)15-5-9-23(10-6-15)18(25)19(21)7-11-26-12-8-19/h1-4,15H,5-13,21H2,(H,22,24). The normalized spacial score (nSPS) is 20.6. The van der Waals surface area contributed by atoms with E-state index in [-0.39, 0.29) is 23.5 Å². The number of hydrogen-bond donors (Lipinski definition) is 2. The molecule has 2 fully saturated rings. The molecule has 0 aliphatic carbocycles. The van der Waals surface area contributed by atoms with Crippen molar-refractivity contribution in [3.8, 4) is 0 Å². The number of halogens is 1. The predicted molar refractivity (Wildman–Crippen MR) is 94.5 cm³/mol. The van der Waals surface area contributed by atoms with Crippen molar-refractivity contribution in [3.05, 3.63) is 35.6 Å². The van der Waals surface area contributed by atoms with Crippen LogP contribution in [0.1, 0.15) is 31.2 Å². The molecule has 3 rings (SSSR count). The molecule has 0 aromatic heterocycles. The molecule has 0 bridgehead atoms. The molecule has 2 amide bonds. The van der Waals surface area contributed by atoms with E-state index in [1.807, 2.05) is 0 Å². The lowest BCUT2D eigenvalue weighted by Crippen LogP contribution is -2.59. The molecular weight excluding hydrogens is 337 g/mol. The predicted octanol–water partition coefficient (Wildman–Crippen LogP) is 1.19. The van der Waals surface area contributed by atoms with Gasteiger partial charge in [0.25, 0.3) is 0 Å². The number of amides is 2. The van der Waals surface area contributed by atoms with Crippen molar-refractivity contribution in [1.82, 2.24) is 10.2 Å². The molecule has 6 nitrogen and oxygen atoms in total. The fourth-order valence-corrected chi connectivity index (χ4v) is 3.54. The van der Waals surface area contributed by atoms with Gasteiger partial charge in [-0.1, -0.05) is 12.1 Å². The van der Waals surface area contributed by atoms with Gasteiger partial charge >= 0.3 is 0 Å². The fourth-order valence-electron chi connectivity index (χ4n) is 3.54. The molecule has 0 atom stereocenters. The molecule has 0 spiro atoms. The molecule has 0 radical (unpaired) electrons. The maximum Gasteiger partial charge on any atom is 0.242 e. The second-order valence-corrected chi connectivity index (χ2v) is 7.18. The second kappa shape index (κ2) is 8.14.